The first-order valence-corrected chi connectivity index (χ1v) is 15.2. The zero-order chi connectivity index (χ0) is 29.1. The summed E-state index contributed by atoms with van der Waals surface area (Å²) in [6.07, 6.45) is 11.7. The normalized spacial score (nSPS) is 18.8. The van der Waals surface area contributed by atoms with E-state index in [1.165, 1.54) is 0 Å². The molecule has 3 heterocycles. The number of aliphatic hydroxyl groups is 1. The van der Waals surface area contributed by atoms with E-state index in [4.69, 9.17) is 4.42 Å². The predicted octanol–water partition coefficient (Wildman–Crippen LogP) is 6.73. The van der Waals surface area contributed by atoms with Crippen molar-refractivity contribution in [3.8, 4) is 5.69 Å². The van der Waals surface area contributed by atoms with Crippen molar-refractivity contribution in [2.75, 3.05) is 6.54 Å². The number of hydrogen-bond donors (Lipinski definition) is 1. The maximum atomic E-state index is 14.0. The van der Waals surface area contributed by atoms with E-state index in [1.54, 1.807) is 12.3 Å². The highest BCUT2D eigenvalue weighted by molar-refractivity contribution is 6.01. The Morgan fingerprint density at radius 2 is 1.71 bits per heavy atom. The van der Waals surface area contributed by atoms with Crippen molar-refractivity contribution in [2.24, 2.45) is 11.8 Å². The summed E-state index contributed by atoms with van der Waals surface area (Å²) in [5.74, 6) is 0.385. The molecule has 1 saturated carbocycles. The number of aliphatic hydroxyl groups excluding tert-OH is 1. The van der Waals surface area contributed by atoms with E-state index in [1.807, 2.05) is 71.2 Å². The van der Waals surface area contributed by atoms with Gasteiger partial charge in [-0.2, -0.15) is 0 Å². The van der Waals surface area contributed by atoms with Gasteiger partial charge in [-0.05, 0) is 86.8 Å². The summed E-state index contributed by atoms with van der Waals surface area (Å²) in [6, 6.07) is 19.2. The molecule has 7 heteroatoms. The minimum Gasteiger partial charge on any atom is -0.446 e. The van der Waals surface area contributed by atoms with Crippen LogP contribution in [-0.4, -0.2) is 43.9 Å². The maximum absolute atomic E-state index is 14.0. The number of Topliss-reactive ketones (excluding diaryl/α,β-unsaturated/α-hetero) is 1. The molecule has 1 aliphatic carbocycles. The molecule has 2 aromatic heterocycles. The van der Waals surface area contributed by atoms with Gasteiger partial charge in [0.1, 0.15) is 12.3 Å². The molecule has 1 saturated heterocycles. The second-order valence-corrected chi connectivity index (χ2v) is 12.0. The molecule has 42 heavy (non-hydrogen) atoms. The van der Waals surface area contributed by atoms with Crippen LogP contribution in [0.1, 0.15) is 88.9 Å². The number of aryl methyl sites for hydroxylation is 1. The first-order chi connectivity index (χ1) is 20.5. The molecule has 0 bridgehead atoms. The molecular formula is C35H39N3O4. The van der Waals surface area contributed by atoms with Gasteiger partial charge >= 0.3 is 0 Å². The second-order valence-electron chi connectivity index (χ2n) is 12.0. The van der Waals surface area contributed by atoms with E-state index < -0.39 is 6.10 Å². The molecule has 6 rings (SSSR count). The molecular weight excluding hydrogens is 526 g/mol. The SMILES string of the molecule is Cc1coc(C2CCCN2C(=O)c2cc(C(=O)C[C@@H](Cc3ccccc3)[C@H](O)C3CCCC3)cc(-n3cccc3)c2)n1. The Hall–Kier alpha value is -3.97. The zero-order valence-electron chi connectivity index (χ0n) is 24.2. The molecule has 218 valence electrons. The molecule has 0 radical (unpaired) electrons. The minimum absolute atomic E-state index is 0.0580. The Morgan fingerprint density at radius 1 is 0.976 bits per heavy atom. The molecule has 1 aliphatic heterocycles. The summed E-state index contributed by atoms with van der Waals surface area (Å²) >= 11 is 0. The number of amides is 1. The van der Waals surface area contributed by atoms with Crippen LogP contribution in [0.2, 0.25) is 0 Å². The van der Waals surface area contributed by atoms with Crippen LogP contribution in [0, 0.1) is 18.8 Å². The summed E-state index contributed by atoms with van der Waals surface area (Å²) in [5, 5.41) is 11.5. The number of likely N-dealkylation sites (tertiary alicyclic amines) is 1. The zero-order valence-corrected chi connectivity index (χ0v) is 24.2. The van der Waals surface area contributed by atoms with E-state index in [2.05, 4.69) is 17.1 Å². The average Bonchev–Trinajstić information content (AvgIpc) is 3.84. The number of carbonyl (C=O) groups excluding carboxylic acids is 2. The van der Waals surface area contributed by atoms with Crippen LogP contribution < -0.4 is 0 Å². The van der Waals surface area contributed by atoms with Crippen molar-refractivity contribution in [3.05, 3.63) is 108 Å². The van der Waals surface area contributed by atoms with Crippen LogP contribution in [0.4, 0.5) is 0 Å². The van der Waals surface area contributed by atoms with E-state index in [0.29, 0.717) is 30.0 Å². The van der Waals surface area contributed by atoms with E-state index in [9.17, 15) is 14.7 Å². The number of ketones is 1. The fourth-order valence-corrected chi connectivity index (χ4v) is 6.78. The van der Waals surface area contributed by atoms with Gasteiger partial charge in [-0.15, -0.1) is 0 Å². The van der Waals surface area contributed by atoms with Gasteiger partial charge in [-0.25, -0.2) is 4.98 Å². The molecule has 1 N–H and O–H groups in total. The Kier molecular flexibility index (Phi) is 8.38. The smallest absolute Gasteiger partial charge is 0.254 e. The van der Waals surface area contributed by atoms with E-state index >= 15 is 0 Å². The molecule has 1 amide bonds. The Labute approximate surface area is 247 Å². The minimum atomic E-state index is -0.542. The van der Waals surface area contributed by atoms with Crippen molar-refractivity contribution >= 4 is 11.7 Å². The Morgan fingerprint density at radius 3 is 2.43 bits per heavy atom. The number of benzene rings is 2. The van der Waals surface area contributed by atoms with Crippen molar-refractivity contribution in [3.63, 3.8) is 0 Å². The van der Waals surface area contributed by atoms with Gasteiger partial charge in [0, 0.05) is 42.2 Å². The molecule has 4 aromatic rings. The van der Waals surface area contributed by atoms with Crippen molar-refractivity contribution in [1.29, 1.82) is 0 Å². The van der Waals surface area contributed by atoms with E-state index in [0.717, 1.165) is 55.5 Å². The lowest BCUT2D eigenvalue weighted by Crippen LogP contribution is -2.32. The average molecular weight is 566 g/mol. The van der Waals surface area contributed by atoms with Crippen LogP contribution in [0.5, 0.6) is 0 Å². The predicted molar refractivity (Wildman–Crippen MR) is 161 cm³/mol. The fraction of sp³-hybridized carbons (Fsp3) is 0.400. The van der Waals surface area contributed by atoms with Gasteiger partial charge in [0.2, 0.25) is 5.89 Å². The van der Waals surface area contributed by atoms with Gasteiger partial charge in [-0.1, -0.05) is 43.2 Å². The van der Waals surface area contributed by atoms with Gasteiger partial charge < -0.3 is 19.0 Å². The summed E-state index contributed by atoms with van der Waals surface area (Å²) in [6.45, 7) is 2.48. The molecule has 0 spiro atoms. The molecule has 7 nitrogen and oxygen atoms in total. The first-order valence-electron chi connectivity index (χ1n) is 15.2. The van der Waals surface area contributed by atoms with Crippen LogP contribution in [-0.2, 0) is 6.42 Å². The highest BCUT2D eigenvalue weighted by atomic mass is 16.3. The van der Waals surface area contributed by atoms with Gasteiger partial charge in [-0.3, -0.25) is 9.59 Å². The quantitative estimate of drug-likeness (QED) is 0.215. The van der Waals surface area contributed by atoms with Crippen molar-refractivity contribution < 1.29 is 19.1 Å². The molecule has 2 fully saturated rings. The van der Waals surface area contributed by atoms with Crippen LogP contribution in [0.25, 0.3) is 5.69 Å². The molecule has 2 aliphatic rings. The van der Waals surface area contributed by atoms with Crippen LogP contribution in [0.15, 0.2) is 83.7 Å². The molecule has 1 unspecified atom stereocenters. The lowest BCUT2D eigenvalue weighted by atomic mass is 9.81. The number of aromatic nitrogens is 2. The summed E-state index contributed by atoms with van der Waals surface area (Å²) in [5.41, 5.74) is 3.62. The largest absolute Gasteiger partial charge is 0.446 e. The Bertz CT molecular complexity index is 1500. The van der Waals surface area contributed by atoms with Crippen LogP contribution in [0.3, 0.4) is 0 Å². The van der Waals surface area contributed by atoms with Crippen molar-refractivity contribution in [2.45, 2.75) is 70.4 Å². The molecule has 2 aromatic carbocycles. The Balaban J connectivity index is 1.30. The van der Waals surface area contributed by atoms with Gasteiger partial charge in [0.15, 0.2) is 5.78 Å². The number of nitrogens with zero attached hydrogens (tertiary/aromatic N) is 3. The number of oxazole rings is 1. The van der Waals surface area contributed by atoms with Gasteiger partial charge in [0.25, 0.3) is 5.91 Å². The fourth-order valence-electron chi connectivity index (χ4n) is 6.78. The van der Waals surface area contributed by atoms with Crippen molar-refractivity contribution in [1.82, 2.24) is 14.5 Å². The van der Waals surface area contributed by atoms with Gasteiger partial charge in [0.05, 0.1) is 11.8 Å². The first kappa shape index (κ1) is 28.2. The number of rotatable bonds is 10. The topological polar surface area (TPSA) is 88.6 Å². The maximum Gasteiger partial charge on any atom is 0.254 e. The summed E-state index contributed by atoms with van der Waals surface area (Å²) in [4.78, 5) is 34.3. The highest BCUT2D eigenvalue weighted by Crippen LogP contribution is 2.35. The lowest BCUT2D eigenvalue weighted by Gasteiger charge is -2.27. The van der Waals surface area contributed by atoms with Crippen LogP contribution >= 0.6 is 0 Å². The highest BCUT2D eigenvalue weighted by Gasteiger charge is 2.35. The number of hydrogen-bond acceptors (Lipinski definition) is 5. The second kappa shape index (κ2) is 12.5. The standard InChI is InChI=1S/C35H39N3O4/c1-24-23-42-34(36-24)31-14-9-17-38(31)35(41)29-19-27(20-30(21-29)37-15-7-8-16-37)32(39)22-28(18-25-10-3-2-4-11-25)33(40)26-12-5-6-13-26/h2-4,7-8,10-11,15-16,19-21,23,26,28,31,33,40H,5-6,9,12-14,17-18,22H2,1H3/t28-,31?,33-/m1/s1. The summed E-state index contributed by atoms with van der Waals surface area (Å²) in [7, 11) is 0. The third-order valence-electron chi connectivity index (χ3n) is 8.98. The third-order valence-corrected chi connectivity index (χ3v) is 8.98. The molecule has 3 atom stereocenters. The lowest BCUT2D eigenvalue weighted by molar-refractivity contribution is 0.0456. The summed E-state index contributed by atoms with van der Waals surface area (Å²) < 4.78 is 7.60. The van der Waals surface area contributed by atoms with E-state index in [-0.39, 0.29) is 36.0 Å². The monoisotopic (exact) mass is 565 g/mol. The number of carbonyl (C=O) groups is 2. The third kappa shape index (κ3) is 6.12.